The fourth-order valence-electron chi connectivity index (χ4n) is 3.43. The second kappa shape index (κ2) is 7.07. The normalized spacial score (nSPS) is 12.7. The van der Waals surface area contributed by atoms with Gasteiger partial charge in [-0.1, -0.05) is 42.5 Å². The van der Waals surface area contributed by atoms with Crippen LogP contribution in [0.3, 0.4) is 0 Å². The number of benzene rings is 2. The highest BCUT2D eigenvalue weighted by Gasteiger charge is 2.24. The molecule has 6 heteroatoms. The Hall–Kier alpha value is -3.41. The van der Waals surface area contributed by atoms with E-state index in [9.17, 15) is 9.59 Å². The van der Waals surface area contributed by atoms with Gasteiger partial charge in [0.25, 0.3) is 0 Å². The second-order valence-corrected chi connectivity index (χ2v) is 6.62. The molecule has 6 nitrogen and oxygen atoms in total. The first-order valence-electron chi connectivity index (χ1n) is 8.76. The van der Waals surface area contributed by atoms with Crippen LogP contribution in [0.1, 0.15) is 28.1 Å². The molecule has 1 aliphatic heterocycles. The lowest BCUT2D eigenvalue weighted by Gasteiger charge is -2.11. The predicted molar refractivity (Wildman–Crippen MR) is 99.3 cm³/mol. The highest BCUT2D eigenvalue weighted by Crippen LogP contribution is 2.30. The van der Waals surface area contributed by atoms with Crippen LogP contribution in [0.15, 0.2) is 54.9 Å². The summed E-state index contributed by atoms with van der Waals surface area (Å²) in [5.41, 5.74) is 10.1. The van der Waals surface area contributed by atoms with Gasteiger partial charge in [-0.05, 0) is 17.2 Å². The standard InChI is InChI=1S/C21H19N3O3/c22-20(25)11-18-17(9-14-5-2-1-3-6-14)23-13-24(18)12-15-7-4-8-19-16(15)10-21(26)27-19/h1-8,13H,9-12H2,(H2,22,25). The number of hydrogen-bond donors (Lipinski definition) is 1. The van der Waals surface area contributed by atoms with Crippen molar-refractivity contribution in [1.82, 2.24) is 9.55 Å². The molecule has 4 rings (SSSR count). The summed E-state index contributed by atoms with van der Waals surface area (Å²) in [6.07, 6.45) is 2.74. The molecule has 1 amide bonds. The zero-order valence-electron chi connectivity index (χ0n) is 14.7. The van der Waals surface area contributed by atoms with Gasteiger partial charge in [0.05, 0.1) is 30.6 Å². The highest BCUT2D eigenvalue weighted by molar-refractivity contribution is 5.81. The van der Waals surface area contributed by atoms with Gasteiger partial charge in [0.15, 0.2) is 0 Å². The minimum atomic E-state index is -0.400. The smallest absolute Gasteiger partial charge is 0.315 e. The van der Waals surface area contributed by atoms with Gasteiger partial charge >= 0.3 is 5.97 Å². The molecule has 1 aromatic heterocycles. The Morgan fingerprint density at radius 3 is 2.74 bits per heavy atom. The van der Waals surface area contributed by atoms with Crippen LogP contribution in [0.25, 0.3) is 0 Å². The highest BCUT2D eigenvalue weighted by atomic mass is 16.5. The molecule has 0 fully saturated rings. The van der Waals surface area contributed by atoms with Gasteiger partial charge in [0, 0.05) is 18.5 Å². The number of nitrogens with zero attached hydrogens (tertiary/aromatic N) is 2. The van der Waals surface area contributed by atoms with Gasteiger partial charge in [0.1, 0.15) is 5.75 Å². The molecule has 2 N–H and O–H groups in total. The Balaban J connectivity index is 1.66. The maximum absolute atomic E-state index is 11.6. The summed E-state index contributed by atoms with van der Waals surface area (Å²) >= 11 is 0. The van der Waals surface area contributed by atoms with E-state index in [1.165, 1.54) is 0 Å². The number of fused-ring (bicyclic) bond motifs is 1. The molecular formula is C21H19N3O3. The van der Waals surface area contributed by atoms with Gasteiger partial charge < -0.3 is 15.0 Å². The number of hydrogen-bond acceptors (Lipinski definition) is 4. The summed E-state index contributed by atoms with van der Waals surface area (Å²) in [5, 5.41) is 0. The van der Waals surface area contributed by atoms with Crippen LogP contribution < -0.4 is 10.5 Å². The van der Waals surface area contributed by atoms with Crippen molar-refractivity contribution in [3.63, 3.8) is 0 Å². The first kappa shape index (κ1) is 17.0. The molecule has 0 radical (unpaired) electrons. The lowest BCUT2D eigenvalue weighted by Crippen LogP contribution is -2.18. The molecule has 0 saturated heterocycles. The van der Waals surface area contributed by atoms with Crippen LogP contribution in [0.4, 0.5) is 0 Å². The molecule has 0 aliphatic carbocycles. The Morgan fingerprint density at radius 1 is 1.15 bits per heavy atom. The Morgan fingerprint density at radius 2 is 1.96 bits per heavy atom. The Bertz CT molecular complexity index is 1010. The largest absolute Gasteiger partial charge is 0.426 e. The molecule has 1 aliphatic rings. The number of carbonyl (C=O) groups is 2. The van der Waals surface area contributed by atoms with Crippen LogP contribution in [-0.2, 0) is 35.4 Å². The van der Waals surface area contributed by atoms with E-state index in [0.29, 0.717) is 18.7 Å². The van der Waals surface area contributed by atoms with Crippen LogP contribution in [0, 0.1) is 0 Å². The number of carbonyl (C=O) groups excluding carboxylic acids is 2. The molecule has 136 valence electrons. The minimum absolute atomic E-state index is 0.118. The zero-order valence-corrected chi connectivity index (χ0v) is 14.7. The van der Waals surface area contributed by atoms with Crippen LogP contribution in [-0.4, -0.2) is 21.4 Å². The summed E-state index contributed by atoms with van der Waals surface area (Å²) in [6, 6.07) is 15.6. The quantitative estimate of drug-likeness (QED) is 0.537. The van der Waals surface area contributed by atoms with E-state index < -0.39 is 5.91 Å². The third kappa shape index (κ3) is 3.60. The first-order valence-corrected chi connectivity index (χ1v) is 8.76. The molecule has 0 bridgehead atoms. The summed E-state index contributed by atoms with van der Waals surface area (Å²) in [5.74, 6) is -0.0355. The van der Waals surface area contributed by atoms with Crippen molar-refractivity contribution < 1.29 is 14.3 Å². The molecule has 27 heavy (non-hydrogen) atoms. The van der Waals surface area contributed by atoms with Gasteiger partial charge in [0.2, 0.25) is 5.91 Å². The second-order valence-electron chi connectivity index (χ2n) is 6.62. The van der Waals surface area contributed by atoms with Crippen LogP contribution >= 0.6 is 0 Å². The van der Waals surface area contributed by atoms with Crippen molar-refractivity contribution in [2.24, 2.45) is 5.73 Å². The van der Waals surface area contributed by atoms with Crippen molar-refractivity contribution >= 4 is 11.9 Å². The third-order valence-electron chi connectivity index (χ3n) is 4.70. The number of primary amides is 1. The number of nitrogens with two attached hydrogens (primary N) is 1. The van der Waals surface area contributed by atoms with Crippen molar-refractivity contribution in [3.05, 3.63) is 82.9 Å². The van der Waals surface area contributed by atoms with E-state index in [1.54, 1.807) is 12.4 Å². The number of rotatable bonds is 6. The maximum Gasteiger partial charge on any atom is 0.315 e. The van der Waals surface area contributed by atoms with Crippen molar-refractivity contribution in [2.45, 2.75) is 25.8 Å². The van der Waals surface area contributed by atoms with E-state index in [4.69, 9.17) is 10.5 Å². The average molecular weight is 361 g/mol. The summed E-state index contributed by atoms with van der Waals surface area (Å²) < 4.78 is 7.16. The van der Waals surface area contributed by atoms with Crippen molar-refractivity contribution in [3.8, 4) is 5.75 Å². The van der Waals surface area contributed by atoms with E-state index in [2.05, 4.69) is 4.98 Å². The summed E-state index contributed by atoms with van der Waals surface area (Å²) in [7, 11) is 0. The minimum Gasteiger partial charge on any atom is -0.426 e. The van der Waals surface area contributed by atoms with Gasteiger partial charge in [-0.3, -0.25) is 9.59 Å². The van der Waals surface area contributed by atoms with Gasteiger partial charge in [-0.25, -0.2) is 4.98 Å². The lowest BCUT2D eigenvalue weighted by molar-refractivity contribution is -0.131. The number of aromatic nitrogens is 2. The van der Waals surface area contributed by atoms with Gasteiger partial charge in [-0.15, -0.1) is 0 Å². The van der Waals surface area contributed by atoms with Crippen LogP contribution in [0.2, 0.25) is 0 Å². The third-order valence-corrected chi connectivity index (χ3v) is 4.70. The predicted octanol–water partition coefficient (Wildman–Crippen LogP) is 2.01. The van der Waals surface area contributed by atoms with E-state index in [1.807, 2.05) is 47.0 Å². The monoisotopic (exact) mass is 361 g/mol. The van der Waals surface area contributed by atoms with E-state index >= 15 is 0 Å². The topological polar surface area (TPSA) is 87.2 Å². The van der Waals surface area contributed by atoms with Crippen molar-refractivity contribution in [2.75, 3.05) is 0 Å². The van der Waals surface area contributed by atoms with Gasteiger partial charge in [-0.2, -0.15) is 0 Å². The summed E-state index contributed by atoms with van der Waals surface area (Å²) in [4.78, 5) is 27.8. The Labute approximate surface area is 156 Å². The first-order chi connectivity index (χ1) is 13.1. The summed E-state index contributed by atoms with van der Waals surface area (Å²) in [6.45, 7) is 0.504. The fourth-order valence-corrected chi connectivity index (χ4v) is 3.43. The molecular weight excluding hydrogens is 342 g/mol. The van der Waals surface area contributed by atoms with Crippen molar-refractivity contribution in [1.29, 1.82) is 0 Å². The van der Waals surface area contributed by atoms with E-state index in [0.717, 1.165) is 28.1 Å². The lowest BCUT2D eigenvalue weighted by atomic mass is 10.0. The number of esters is 1. The maximum atomic E-state index is 11.6. The molecule has 0 spiro atoms. The fraction of sp³-hybridized carbons (Fsp3) is 0.190. The molecule has 2 heterocycles. The van der Waals surface area contributed by atoms with E-state index in [-0.39, 0.29) is 18.8 Å². The van der Waals surface area contributed by atoms with Crippen LogP contribution in [0.5, 0.6) is 5.75 Å². The Kier molecular flexibility index (Phi) is 4.46. The molecule has 2 aromatic carbocycles. The number of amides is 1. The molecule has 0 unspecified atom stereocenters. The number of imidazole rings is 1. The average Bonchev–Trinajstić information content (AvgIpc) is 3.20. The molecule has 3 aromatic rings. The zero-order chi connectivity index (χ0) is 18.8. The molecule has 0 saturated carbocycles. The molecule has 0 atom stereocenters. The SMILES string of the molecule is NC(=O)Cc1c(Cc2ccccc2)ncn1Cc1cccc2c1CC(=O)O2. The number of ether oxygens (including phenoxy) is 1.